The first-order chi connectivity index (χ1) is 28.9. The summed E-state index contributed by atoms with van der Waals surface area (Å²) in [5.74, 6) is -1.95. The first-order valence-corrected chi connectivity index (χ1v) is 21.9. The predicted octanol–water partition coefficient (Wildman–Crippen LogP) is 4.37. The number of anilines is 1. The van der Waals surface area contributed by atoms with Gasteiger partial charge < -0.3 is 41.0 Å². The van der Waals surface area contributed by atoms with Gasteiger partial charge in [-0.15, -0.1) is 0 Å². The Morgan fingerprint density at radius 1 is 0.852 bits per heavy atom. The summed E-state index contributed by atoms with van der Waals surface area (Å²) in [6, 6.07) is 14.0. The molecular formula is C47H75N7O7. The summed E-state index contributed by atoms with van der Waals surface area (Å²) < 4.78 is 12.1. The Bertz CT molecular complexity index is 1700. The molecule has 5 N–H and O–H groups in total. The molecule has 3 rings (SSSR count). The highest BCUT2D eigenvalue weighted by atomic mass is 16.5. The molecule has 1 aliphatic rings. The number of hydrogen-bond acceptors (Lipinski definition) is 9. The van der Waals surface area contributed by atoms with Crippen LogP contribution in [0.4, 0.5) is 5.69 Å². The van der Waals surface area contributed by atoms with E-state index in [0.717, 1.165) is 18.4 Å². The molecule has 1 fully saturated rings. The second-order valence-electron chi connectivity index (χ2n) is 17.7. The number of likely N-dealkylation sites (tertiary alicyclic amines) is 1. The lowest BCUT2D eigenvalue weighted by molar-refractivity contribution is -0.148. The molecule has 2 aromatic carbocycles. The Labute approximate surface area is 365 Å². The lowest BCUT2D eigenvalue weighted by atomic mass is 9.89. The van der Waals surface area contributed by atoms with E-state index in [1.165, 1.54) is 0 Å². The number of ether oxygens (including phenoxy) is 2. The zero-order valence-electron chi connectivity index (χ0n) is 38.8. The predicted molar refractivity (Wildman–Crippen MR) is 240 cm³/mol. The quantitative estimate of drug-likeness (QED) is 0.118. The van der Waals surface area contributed by atoms with Crippen molar-refractivity contribution in [2.24, 2.45) is 23.7 Å². The smallest absolute Gasteiger partial charge is 0.251 e. The van der Waals surface area contributed by atoms with Gasteiger partial charge >= 0.3 is 0 Å². The Morgan fingerprint density at radius 3 is 2.03 bits per heavy atom. The van der Waals surface area contributed by atoms with Gasteiger partial charge in [-0.2, -0.15) is 0 Å². The molecule has 14 heteroatoms. The molecule has 0 aromatic heterocycles. The van der Waals surface area contributed by atoms with Crippen molar-refractivity contribution in [1.82, 2.24) is 30.7 Å². The molecule has 14 nitrogen and oxygen atoms in total. The van der Waals surface area contributed by atoms with Gasteiger partial charge in [-0.3, -0.25) is 28.9 Å². The van der Waals surface area contributed by atoms with E-state index < -0.39 is 42.3 Å². The average Bonchev–Trinajstić information content (AvgIpc) is 3.71. The monoisotopic (exact) mass is 850 g/mol. The zero-order valence-corrected chi connectivity index (χ0v) is 38.8. The van der Waals surface area contributed by atoms with Crippen molar-refractivity contribution in [3.63, 3.8) is 0 Å². The van der Waals surface area contributed by atoms with Crippen molar-refractivity contribution >= 4 is 35.2 Å². The number of nitrogen functional groups attached to an aromatic ring is 1. The van der Waals surface area contributed by atoms with Gasteiger partial charge in [-0.1, -0.05) is 85.2 Å². The van der Waals surface area contributed by atoms with Crippen molar-refractivity contribution in [1.29, 1.82) is 0 Å². The average molecular weight is 850 g/mol. The number of carbonyl (C=O) groups is 5. The van der Waals surface area contributed by atoms with E-state index in [1.807, 2.05) is 90.9 Å². The largest absolute Gasteiger partial charge is 0.399 e. The summed E-state index contributed by atoms with van der Waals surface area (Å²) in [6.07, 6.45) is 1.36. The van der Waals surface area contributed by atoms with Crippen LogP contribution in [0.1, 0.15) is 90.1 Å². The van der Waals surface area contributed by atoms with Crippen molar-refractivity contribution in [3.8, 4) is 0 Å². The van der Waals surface area contributed by atoms with Gasteiger partial charge in [0.15, 0.2) is 0 Å². The second-order valence-corrected chi connectivity index (χ2v) is 17.7. The van der Waals surface area contributed by atoms with Crippen LogP contribution in [0.5, 0.6) is 0 Å². The molecule has 5 amide bonds. The van der Waals surface area contributed by atoms with E-state index in [-0.39, 0.29) is 66.3 Å². The van der Waals surface area contributed by atoms with E-state index in [4.69, 9.17) is 15.2 Å². The van der Waals surface area contributed by atoms with Crippen LogP contribution in [0.15, 0.2) is 54.6 Å². The topological polar surface area (TPSA) is 176 Å². The number of nitrogens with two attached hydrogens (primary N) is 1. The normalized spacial score (nSPS) is 18.1. The van der Waals surface area contributed by atoms with Crippen molar-refractivity contribution in [2.45, 2.75) is 123 Å². The summed E-state index contributed by atoms with van der Waals surface area (Å²) >= 11 is 0. The molecule has 1 aliphatic heterocycles. The minimum atomic E-state index is -0.774. The molecule has 340 valence electrons. The van der Waals surface area contributed by atoms with Crippen LogP contribution in [-0.4, -0.2) is 135 Å². The van der Waals surface area contributed by atoms with Gasteiger partial charge in [0.1, 0.15) is 6.04 Å². The molecule has 0 spiro atoms. The van der Waals surface area contributed by atoms with E-state index >= 15 is 0 Å². The maximum absolute atomic E-state index is 14.4. The van der Waals surface area contributed by atoms with Crippen LogP contribution in [-0.2, 0) is 35.1 Å². The molecule has 61 heavy (non-hydrogen) atoms. The number of benzene rings is 2. The molecule has 2 aromatic rings. The molecule has 1 heterocycles. The van der Waals surface area contributed by atoms with Gasteiger partial charge in [-0.25, -0.2) is 0 Å². The number of nitrogens with zero attached hydrogens (tertiary/aromatic N) is 3. The highest BCUT2D eigenvalue weighted by Gasteiger charge is 2.43. The number of rotatable bonds is 23. The molecular weight excluding hydrogens is 775 g/mol. The third-order valence-corrected chi connectivity index (χ3v) is 12.3. The van der Waals surface area contributed by atoms with Crippen molar-refractivity contribution in [3.05, 3.63) is 65.7 Å². The Hall–Kier alpha value is -4.53. The molecule has 1 saturated heterocycles. The van der Waals surface area contributed by atoms with Crippen LogP contribution in [0.3, 0.4) is 0 Å². The van der Waals surface area contributed by atoms with E-state index in [1.54, 1.807) is 62.3 Å². The number of methoxy groups -OCH3 is 2. The first kappa shape index (κ1) is 50.8. The number of likely N-dealkylation sites (N-methyl/N-ethyl adjacent to an activating group) is 2. The summed E-state index contributed by atoms with van der Waals surface area (Å²) in [4.78, 5) is 74.6. The molecule has 4 unspecified atom stereocenters. The molecule has 0 aliphatic carbocycles. The lowest BCUT2D eigenvalue weighted by Crippen LogP contribution is -2.59. The highest BCUT2D eigenvalue weighted by Crippen LogP contribution is 2.30. The van der Waals surface area contributed by atoms with E-state index in [2.05, 4.69) is 16.0 Å². The third-order valence-electron chi connectivity index (χ3n) is 12.3. The third kappa shape index (κ3) is 14.0. The Balaban J connectivity index is 1.78. The maximum Gasteiger partial charge on any atom is 0.251 e. The summed E-state index contributed by atoms with van der Waals surface area (Å²) in [5.41, 5.74) is 7.83. The summed E-state index contributed by atoms with van der Waals surface area (Å²) in [5, 5.41) is 9.17. The fourth-order valence-electron chi connectivity index (χ4n) is 8.77. The minimum absolute atomic E-state index is 0.0122. The van der Waals surface area contributed by atoms with Crippen LogP contribution in [0, 0.1) is 23.7 Å². The Kier molecular flexibility index (Phi) is 20.2. The number of amides is 5. The van der Waals surface area contributed by atoms with Gasteiger partial charge in [0.25, 0.3) is 5.91 Å². The highest BCUT2D eigenvalue weighted by molar-refractivity contribution is 5.94. The van der Waals surface area contributed by atoms with Crippen molar-refractivity contribution in [2.75, 3.05) is 54.2 Å². The van der Waals surface area contributed by atoms with Gasteiger partial charge in [0.2, 0.25) is 23.6 Å². The maximum atomic E-state index is 14.4. The van der Waals surface area contributed by atoms with Crippen LogP contribution in [0.25, 0.3) is 0 Å². The Morgan fingerprint density at radius 2 is 1.49 bits per heavy atom. The van der Waals surface area contributed by atoms with Gasteiger partial charge in [0.05, 0.1) is 48.7 Å². The molecule has 0 bridgehead atoms. The summed E-state index contributed by atoms with van der Waals surface area (Å²) in [6.45, 7) is 14.4. The fourth-order valence-corrected chi connectivity index (χ4v) is 8.77. The SMILES string of the molecule is CC[C@H](C)C(C(CC(=O)N1CCC[C@H]1[C@H](OC)C(C)C(=O)N[C@H](CNC(=O)c1ccc(N)cc1)Cc1ccccc1)OC)N(C)C(=O)[C@@H](NC(=O)C(C(C)C)N(C)C)C(C)C. The fraction of sp³-hybridized carbons (Fsp3) is 0.638. The summed E-state index contributed by atoms with van der Waals surface area (Å²) in [7, 11) is 8.57. The van der Waals surface area contributed by atoms with Crippen molar-refractivity contribution < 1.29 is 33.4 Å². The molecule has 0 saturated carbocycles. The zero-order chi connectivity index (χ0) is 45.6. The first-order valence-electron chi connectivity index (χ1n) is 21.9. The second kappa shape index (κ2) is 24.2. The number of hydrogen-bond donors (Lipinski definition) is 4. The number of carbonyl (C=O) groups excluding carboxylic acids is 5. The van der Waals surface area contributed by atoms with Gasteiger partial charge in [-0.05, 0) is 80.9 Å². The van der Waals surface area contributed by atoms with Gasteiger partial charge in [0, 0.05) is 45.6 Å². The van der Waals surface area contributed by atoms with Crippen LogP contribution in [0.2, 0.25) is 0 Å². The van der Waals surface area contributed by atoms with Crippen LogP contribution < -0.4 is 21.7 Å². The lowest BCUT2D eigenvalue weighted by Gasteiger charge is -2.41. The van der Waals surface area contributed by atoms with E-state index in [0.29, 0.717) is 30.6 Å². The van der Waals surface area contributed by atoms with Crippen LogP contribution >= 0.6 is 0 Å². The standard InChI is InChI=1S/C47H75N7O7/c1-13-31(6)42(53(10)47(59)40(29(2)3)51-46(58)41(30(4)5)52(8)9)38(60-11)27-39(55)54-25-17-20-37(54)43(61-12)32(7)44(56)50-36(26-33-18-15-14-16-19-33)28-49-45(57)34-21-23-35(48)24-22-34/h14-16,18-19,21-24,29-32,36-38,40-43H,13,17,20,25-28,48H2,1-12H3,(H,49,57)(H,50,56)(H,51,58)/t31-,32?,36-,37-,38?,40-,41?,42?,43+/m0/s1. The molecule has 9 atom stereocenters. The number of nitrogens with one attached hydrogen (secondary N) is 3. The molecule has 0 radical (unpaired) electrons. The minimum Gasteiger partial charge on any atom is -0.399 e. The van der Waals surface area contributed by atoms with E-state index in [9.17, 15) is 24.0 Å².